The Labute approximate surface area is 212 Å². The van der Waals surface area contributed by atoms with Crippen molar-refractivity contribution in [3.63, 3.8) is 0 Å². The number of primary amides is 1. The molecule has 1 aromatic carbocycles. The fourth-order valence-corrected chi connectivity index (χ4v) is 3.89. The van der Waals surface area contributed by atoms with Crippen molar-refractivity contribution in [3.8, 4) is 0 Å². The summed E-state index contributed by atoms with van der Waals surface area (Å²) in [7, 11) is 1.79. The molecule has 1 fully saturated rings. The monoisotopic (exact) mass is 505 g/mol. The minimum Gasteiger partial charge on any atom is -0.443 e. The third kappa shape index (κ3) is 6.07. The van der Waals surface area contributed by atoms with E-state index in [-0.39, 0.29) is 36.0 Å². The lowest BCUT2D eigenvalue weighted by Crippen LogP contribution is -2.48. The van der Waals surface area contributed by atoms with Gasteiger partial charge in [-0.05, 0) is 24.5 Å². The van der Waals surface area contributed by atoms with E-state index in [4.69, 9.17) is 10.5 Å². The number of carbonyl (C=O) groups is 3. The van der Waals surface area contributed by atoms with Crippen LogP contribution in [0.15, 0.2) is 55.4 Å². The van der Waals surface area contributed by atoms with Crippen LogP contribution in [0.2, 0.25) is 0 Å². The molecule has 0 radical (unpaired) electrons. The van der Waals surface area contributed by atoms with Crippen LogP contribution in [0.5, 0.6) is 0 Å². The van der Waals surface area contributed by atoms with E-state index < -0.39 is 12.0 Å². The number of likely N-dealkylation sites (tertiary alicyclic amines) is 1. The number of piperidine rings is 1. The van der Waals surface area contributed by atoms with Crippen LogP contribution in [0.25, 0.3) is 0 Å². The Hall–Kier alpha value is -4.81. The van der Waals surface area contributed by atoms with Crippen molar-refractivity contribution in [2.45, 2.75) is 25.5 Å². The first-order valence-corrected chi connectivity index (χ1v) is 11.6. The summed E-state index contributed by atoms with van der Waals surface area (Å²) in [5, 5.41) is 15.0. The van der Waals surface area contributed by atoms with E-state index >= 15 is 0 Å². The summed E-state index contributed by atoms with van der Waals surface area (Å²) in [6, 6.07) is 9.19. The summed E-state index contributed by atoms with van der Waals surface area (Å²) in [6.45, 7) is 4.77. The average Bonchev–Trinajstić information content (AvgIpc) is 3.40. The molecule has 1 saturated heterocycles. The molecule has 3 aromatic rings. The summed E-state index contributed by atoms with van der Waals surface area (Å²) >= 11 is 0. The number of nitrogens with one attached hydrogen (secondary N) is 1. The quantitative estimate of drug-likeness (QED) is 0.431. The molecule has 4 rings (SSSR count). The maximum atomic E-state index is 12.4. The van der Waals surface area contributed by atoms with Crippen LogP contribution in [0.3, 0.4) is 0 Å². The summed E-state index contributed by atoms with van der Waals surface area (Å²) in [4.78, 5) is 44.3. The second kappa shape index (κ2) is 11.3. The molecule has 13 nitrogen and oxygen atoms in total. The van der Waals surface area contributed by atoms with Gasteiger partial charge in [0, 0.05) is 26.2 Å². The predicted molar refractivity (Wildman–Crippen MR) is 134 cm³/mol. The molecule has 3 N–H and O–H groups in total. The first-order chi connectivity index (χ1) is 17.9. The maximum absolute atomic E-state index is 12.4. The Kier molecular flexibility index (Phi) is 7.71. The number of aromatic nitrogens is 5. The molecule has 1 aliphatic heterocycles. The standard InChI is InChI=1S/C24H27N9O4/c1-3-19(34)32-11-7-10-18(14-32)31(2)23-28-22(20(21(25)35)29-30-23)27-17-12-26-33(13-17)24(36)37-15-16-8-5-4-6-9-16/h3-6,8-9,12-13,18H,1,7,10-11,14-15H2,2H3,(H2,25,35)(H,27,28,30)/t18-/m1/s1. The molecule has 2 aromatic heterocycles. The van der Waals surface area contributed by atoms with E-state index in [0.717, 1.165) is 23.1 Å². The Bertz CT molecular complexity index is 1290. The van der Waals surface area contributed by atoms with Crippen molar-refractivity contribution < 1.29 is 19.1 Å². The Balaban J connectivity index is 1.48. The predicted octanol–water partition coefficient (Wildman–Crippen LogP) is 1.71. The highest BCUT2D eigenvalue weighted by molar-refractivity contribution is 5.96. The van der Waals surface area contributed by atoms with Crippen molar-refractivity contribution in [2.75, 3.05) is 30.4 Å². The largest absolute Gasteiger partial charge is 0.443 e. The summed E-state index contributed by atoms with van der Waals surface area (Å²) < 4.78 is 6.29. The first kappa shape index (κ1) is 25.3. The number of nitrogens with zero attached hydrogens (tertiary/aromatic N) is 7. The van der Waals surface area contributed by atoms with Crippen LogP contribution < -0.4 is 16.0 Å². The second-order valence-electron chi connectivity index (χ2n) is 8.41. The van der Waals surface area contributed by atoms with Crippen LogP contribution in [0.1, 0.15) is 28.9 Å². The molecule has 1 atom stereocenters. The van der Waals surface area contributed by atoms with Gasteiger partial charge in [-0.3, -0.25) is 9.59 Å². The number of carbonyl (C=O) groups excluding carboxylic acids is 3. The molecular formula is C24H27N9O4. The van der Waals surface area contributed by atoms with Gasteiger partial charge in [0.15, 0.2) is 11.5 Å². The van der Waals surface area contributed by atoms with Crippen LogP contribution >= 0.6 is 0 Å². The highest BCUT2D eigenvalue weighted by Crippen LogP contribution is 2.22. The first-order valence-electron chi connectivity index (χ1n) is 11.6. The Morgan fingerprint density at radius 2 is 2.05 bits per heavy atom. The minimum absolute atomic E-state index is 0.0522. The van der Waals surface area contributed by atoms with E-state index in [1.165, 1.54) is 18.5 Å². The van der Waals surface area contributed by atoms with Gasteiger partial charge in [0.25, 0.3) is 5.91 Å². The van der Waals surface area contributed by atoms with Crippen molar-refractivity contribution in [1.82, 2.24) is 29.9 Å². The average molecular weight is 506 g/mol. The molecule has 0 saturated carbocycles. The van der Waals surface area contributed by atoms with Gasteiger partial charge in [-0.15, -0.1) is 10.2 Å². The lowest BCUT2D eigenvalue weighted by atomic mass is 10.0. The Morgan fingerprint density at radius 3 is 2.78 bits per heavy atom. The number of nitrogens with two attached hydrogens (primary N) is 1. The number of amides is 2. The molecule has 0 bridgehead atoms. The molecule has 37 heavy (non-hydrogen) atoms. The van der Waals surface area contributed by atoms with Gasteiger partial charge in [-0.25, -0.2) is 4.79 Å². The molecule has 0 spiro atoms. The van der Waals surface area contributed by atoms with Gasteiger partial charge in [0.1, 0.15) is 6.61 Å². The third-order valence-electron chi connectivity index (χ3n) is 5.89. The normalized spacial score (nSPS) is 15.1. The van der Waals surface area contributed by atoms with Crippen molar-refractivity contribution >= 4 is 35.4 Å². The van der Waals surface area contributed by atoms with Gasteiger partial charge in [0.05, 0.1) is 18.1 Å². The zero-order valence-electron chi connectivity index (χ0n) is 20.3. The smallest absolute Gasteiger partial charge is 0.435 e. The fraction of sp³-hybridized carbons (Fsp3) is 0.292. The topological polar surface area (TPSA) is 161 Å². The third-order valence-corrected chi connectivity index (χ3v) is 5.89. The number of benzene rings is 1. The zero-order chi connectivity index (χ0) is 26.4. The van der Waals surface area contributed by atoms with Crippen molar-refractivity contribution in [2.24, 2.45) is 5.73 Å². The van der Waals surface area contributed by atoms with Crippen LogP contribution in [-0.4, -0.2) is 73.9 Å². The number of anilines is 3. The van der Waals surface area contributed by atoms with E-state index in [0.29, 0.717) is 18.8 Å². The number of hydrogen-bond acceptors (Lipinski definition) is 10. The van der Waals surface area contributed by atoms with Gasteiger partial charge in [0.2, 0.25) is 11.9 Å². The van der Waals surface area contributed by atoms with Gasteiger partial charge >= 0.3 is 6.09 Å². The van der Waals surface area contributed by atoms with Gasteiger partial charge < -0.3 is 25.6 Å². The molecule has 3 heterocycles. The molecule has 2 amide bonds. The molecule has 192 valence electrons. The summed E-state index contributed by atoms with van der Waals surface area (Å²) in [5.74, 6) is -0.675. The minimum atomic E-state index is -0.827. The van der Waals surface area contributed by atoms with Crippen LogP contribution in [0.4, 0.5) is 22.2 Å². The van der Waals surface area contributed by atoms with Crippen LogP contribution in [-0.2, 0) is 16.1 Å². The fourth-order valence-electron chi connectivity index (χ4n) is 3.89. The molecule has 1 aliphatic rings. The lowest BCUT2D eigenvalue weighted by Gasteiger charge is -2.37. The summed E-state index contributed by atoms with van der Waals surface area (Å²) in [5.41, 5.74) is 6.49. The van der Waals surface area contributed by atoms with E-state index in [2.05, 4.69) is 32.2 Å². The maximum Gasteiger partial charge on any atom is 0.435 e. The number of likely N-dealkylation sites (N-methyl/N-ethyl adjacent to an activating group) is 1. The number of ether oxygens (including phenoxy) is 1. The highest BCUT2D eigenvalue weighted by Gasteiger charge is 2.27. The van der Waals surface area contributed by atoms with E-state index in [1.807, 2.05) is 30.3 Å². The van der Waals surface area contributed by atoms with Gasteiger partial charge in [-0.1, -0.05) is 36.9 Å². The van der Waals surface area contributed by atoms with E-state index in [9.17, 15) is 14.4 Å². The summed E-state index contributed by atoms with van der Waals surface area (Å²) in [6.07, 6.45) is 5.01. The SMILES string of the molecule is C=CC(=O)N1CCC[C@@H](N(C)c2nnc(C(N)=O)c(Nc3cnn(C(=O)OCc4ccccc4)c3)n2)C1. The van der Waals surface area contributed by atoms with E-state index in [1.54, 1.807) is 16.8 Å². The second-order valence-corrected chi connectivity index (χ2v) is 8.41. The van der Waals surface area contributed by atoms with Crippen LogP contribution in [0, 0.1) is 0 Å². The molecule has 0 unspecified atom stereocenters. The Morgan fingerprint density at radius 1 is 1.27 bits per heavy atom. The van der Waals surface area contributed by atoms with Gasteiger partial charge in [-0.2, -0.15) is 14.8 Å². The number of rotatable bonds is 8. The molecule has 0 aliphatic carbocycles. The number of hydrogen-bond donors (Lipinski definition) is 2. The zero-order valence-corrected chi connectivity index (χ0v) is 20.3. The molecular weight excluding hydrogens is 478 g/mol. The van der Waals surface area contributed by atoms with Crippen molar-refractivity contribution in [1.29, 1.82) is 0 Å². The molecule has 13 heteroatoms. The van der Waals surface area contributed by atoms with Crippen molar-refractivity contribution in [3.05, 3.63) is 66.6 Å². The highest BCUT2D eigenvalue weighted by atomic mass is 16.6. The lowest BCUT2D eigenvalue weighted by molar-refractivity contribution is -0.127.